The highest BCUT2D eigenvalue weighted by Gasteiger charge is 2.30. The summed E-state index contributed by atoms with van der Waals surface area (Å²) < 4.78 is 15.5. The van der Waals surface area contributed by atoms with Gasteiger partial charge in [0.15, 0.2) is 11.0 Å². The number of methoxy groups -OCH3 is 1. The quantitative estimate of drug-likeness (QED) is 0.501. The first-order valence-electron chi connectivity index (χ1n) is 8.56. The van der Waals surface area contributed by atoms with E-state index in [9.17, 15) is 0 Å². The third kappa shape index (κ3) is 3.00. The van der Waals surface area contributed by atoms with Crippen LogP contribution in [0.15, 0.2) is 36.5 Å². The molecule has 0 aliphatic carbocycles. The predicted molar refractivity (Wildman–Crippen MR) is 99.3 cm³/mol. The van der Waals surface area contributed by atoms with Gasteiger partial charge in [-0.05, 0) is 31.9 Å². The molecule has 3 aromatic rings. The molecule has 1 aromatic carbocycles. The number of unbranched alkanes of at least 4 members (excludes halogenated alkanes) is 1. The molecule has 1 aliphatic heterocycles. The second-order valence-corrected chi connectivity index (χ2v) is 7.05. The van der Waals surface area contributed by atoms with Crippen LogP contribution in [0, 0.1) is 6.92 Å². The van der Waals surface area contributed by atoms with Crippen LogP contribution in [0.25, 0.3) is 17.0 Å². The molecule has 0 radical (unpaired) electrons. The minimum absolute atomic E-state index is 0.722. The molecule has 2 aromatic heterocycles. The second kappa shape index (κ2) is 7.06. The van der Waals surface area contributed by atoms with Crippen LogP contribution in [0.3, 0.4) is 0 Å². The van der Waals surface area contributed by atoms with Gasteiger partial charge in [0.05, 0.1) is 18.6 Å². The van der Waals surface area contributed by atoms with E-state index < -0.39 is 0 Å². The average molecular weight is 356 g/mol. The molecule has 4 rings (SSSR count). The summed E-state index contributed by atoms with van der Waals surface area (Å²) in [6.07, 6.45) is 4.10. The molecular weight excluding hydrogens is 334 g/mol. The van der Waals surface area contributed by atoms with Crippen molar-refractivity contribution in [1.29, 1.82) is 0 Å². The Morgan fingerprint density at radius 2 is 2.04 bits per heavy atom. The number of imidazole rings is 1. The van der Waals surface area contributed by atoms with Gasteiger partial charge in [-0.25, -0.2) is 4.57 Å². The lowest BCUT2D eigenvalue weighted by atomic mass is 10.2. The highest BCUT2D eigenvalue weighted by Crippen LogP contribution is 2.31. The first-order chi connectivity index (χ1) is 12.3. The molecule has 25 heavy (non-hydrogen) atoms. The fourth-order valence-corrected chi connectivity index (χ4v) is 4.27. The van der Waals surface area contributed by atoms with Gasteiger partial charge in [-0.15, -0.1) is 0 Å². The smallest absolute Gasteiger partial charge is 0.415 e. The summed E-state index contributed by atoms with van der Waals surface area (Å²) in [4.78, 5) is 4.81. The third-order valence-corrected chi connectivity index (χ3v) is 5.54. The zero-order valence-electron chi connectivity index (χ0n) is 14.6. The lowest BCUT2D eigenvalue weighted by molar-refractivity contribution is -0.612. The molecule has 1 aliphatic rings. The van der Waals surface area contributed by atoms with Gasteiger partial charge in [-0.1, -0.05) is 17.1 Å². The molecule has 0 N–H and O–H groups in total. The van der Waals surface area contributed by atoms with E-state index >= 15 is 0 Å². The Labute approximate surface area is 151 Å². The van der Waals surface area contributed by atoms with Crippen molar-refractivity contribution < 1.29 is 14.0 Å². The Hall–Kier alpha value is -2.05. The molecule has 3 heterocycles. The van der Waals surface area contributed by atoms with Gasteiger partial charge in [0.25, 0.3) is 0 Å². The normalized spacial score (nSPS) is 12.9. The average Bonchev–Trinajstić information content (AvgIpc) is 3.02. The second-order valence-electron chi connectivity index (χ2n) is 6.14. The van der Waals surface area contributed by atoms with Crippen molar-refractivity contribution in [2.24, 2.45) is 0 Å². The van der Waals surface area contributed by atoms with Crippen LogP contribution in [0.5, 0.6) is 5.75 Å². The molecule has 5 nitrogen and oxygen atoms in total. The highest BCUT2D eigenvalue weighted by atomic mass is 32.2. The van der Waals surface area contributed by atoms with E-state index in [1.807, 2.05) is 6.07 Å². The zero-order valence-corrected chi connectivity index (χ0v) is 15.4. The van der Waals surface area contributed by atoms with E-state index in [-0.39, 0.29) is 0 Å². The fourth-order valence-electron chi connectivity index (χ4n) is 3.13. The number of benzene rings is 1. The first-order valence-corrected chi connectivity index (χ1v) is 9.51. The largest absolute Gasteiger partial charge is 0.493 e. The standard InChI is InChI=1S/C19H22N3O2S/c1-14-17-13-25-22-16-8-4-3-7-15(16)20-19(22)21(17)10-9-18(14)24-12-6-5-11-23-2/h3-4,7-10H,5-6,11-13H2,1-2H3/q+1. The van der Waals surface area contributed by atoms with E-state index in [0.717, 1.165) is 54.5 Å². The molecule has 0 saturated heterocycles. The Kier molecular flexibility index (Phi) is 4.63. The number of hydrogen-bond donors (Lipinski definition) is 0. The Bertz CT molecular complexity index is 907. The first kappa shape index (κ1) is 16.4. The van der Waals surface area contributed by atoms with Gasteiger partial charge in [-0.2, -0.15) is 3.97 Å². The maximum Gasteiger partial charge on any atom is 0.415 e. The van der Waals surface area contributed by atoms with Gasteiger partial charge in [-0.3, -0.25) is 0 Å². The Balaban J connectivity index is 1.62. The topological polar surface area (TPSA) is 40.2 Å². The van der Waals surface area contributed by atoms with Gasteiger partial charge in [0.1, 0.15) is 11.4 Å². The Morgan fingerprint density at radius 3 is 2.92 bits per heavy atom. The summed E-state index contributed by atoms with van der Waals surface area (Å²) in [5.74, 6) is 2.83. The van der Waals surface area contributed by atoms with Crippen molar-refractivity contribution >= 4 is 23.0 Å². The molecule has 6 heteroatoms. The fraction of sp³-hybridized carbons (Fsp3) is 0.368. The van der Waals surface area contributed by atoms with Crippen LogP contribution in [-0.4, -0.2) is 29.3 Å². The molecule has 0 fully saturated rings. The summed E-state index contributed by atoms with van der Waals surface area (Å²) in [5.41, 5.74) is 4.64. The van der Waals surface area contributed by atoms with Crippen molar-refractivity contribution in [3.63, 3.8) is 0 Å². The molecule has 0 unspecified atom stereocenters. The SMILES string of the molecule is COCCCCOc1cc[n+]2c(c1C)CSn1c-2nc2ccccc21. The van der Waals surface area contributed by atoms with Crippen molar-refractivity contribution in [3.8, 4) is 11.7 Å². The van der Waals surface area contributed by atoms with Crippen LogP contribution in [-0.2, 0) is 10.5 Å². The molecular formula is C19H22N3O2S+. The molecule has 0 atom stereocenters. The van der Waals surface area contributed by atoms with Gasteiger partial charge in [0.2, 0.25) is 0 Å². The summed E-state index contributed by atoms with van der Waals surface area (Å²) in [6.45, 7) is 3.64. The monoisotopic (exact) mass is 356 g/mol. The molecule has 130 valence electrons. The number of pyridine rings is 1. The van der Waals surface area contributed by atoms with Crippen molar-refractivity contribution in [1.82, 2.24) is 8.96 Å². The highest BCUT2D eigenvalue weighted by molar-refractivity contribution is 7.97. The van der Waals surface area contributed by atoms with Crippen LogP contribution in [0.4, 0.5) is 0 Å². The predicted octanol–water partition coefficient (Wildman–Crippen LogP) is 3.44. The van der Waals surface area contributed by atoms with Gasteiger partial charge >= 0.3 is 5.95 Å². The lowest BCUT2D eigenvalue weighted by Crippen LogP contribution is -2.41. The van der Waals surface area contributed by atoms with E-state index in [1.165, 1.54) is 11.3 Å². The molecule has 0 spiro atoms. The molecule has 0 saturated carbocycles. The zero-order chi connectivity index (χ0) is 17.2. The van der Waals surface area contributed by atoms with Gasteiger partial charge < -0.3 is 9.47 Å². The van der Waals surface area contributed by atoms with Crippen LogP contribution in [0.1, 0.15) is 24.1 Å². The summed E-state index contributed by atoms with van der Waals surface area (Å²) >= 11 is 1.79. The number of para-hydroxylation sites is 2. The number of aromatic nitrogens is 3. The summed E-state index contributed by atoms with van der Waals surface area (Å²) in [5, 5.41) is 0. The van der Waals surface area contributed by atoms with Crippen LogP contribution >= 0.6 is 11.9 Å². The minimum atomic E-state index is 0.722. The number of hydrogen-bond acceptors (Lipinski definition) is 4. The minimum Gasteiger partial charge on any atom is -0.493 e. The van der Waals surface area contributed by atoms with E-state index in [2.05, 4.69) is 45.9 Å². The maximum atomic E-state index is 5.99. The van der Waals surface area contributed by atoms with Crippen LogP contribution < -0.4 is 9.30 Å². The van der Waals surface area contributed by atoms with Crippen molar-refractivity contribution in [2.75, 3.05) is 20.3 Å². The number of ether oxygens (including phenoxy) is 2. The number of nitrogens with zero attached hydrogens (tertiary/aromatic N) is 3. The summed E-state index contributed by atoms with van der Waals surface area (Å²) in [7, 11) is 1.73. The maximum absolute atomic E-state index is 5.99. The van der Waals surface area contributed by atoms with E-state index in [4.69, 9.17) is 14.5 Å². The number of fused-ring (bicyclic) bond motifs is 5. The van der Waals surface area contributed by atoms with Crippen molar-refractivity contribution in [2.45, 2.75) is 25.5 Å². The van der Waals surface area contributed by atoms with E-state index in [1.54, 1.807) is 19.1 Å². The van der Waals surface area contributed by atoms with Crippen LogP contribution in [0.2, 0.25) is 0 Å². The third-order valence-electron chi connectivity index (χ3n) is 4.52. The van der Waals surface area contributed by atoms with E-state index in [0.29, 0.717) is 0 Å². The van der Waals surface area contributed by atoms with Crippen molar-refractivity contribution in [3.05, 3.63) is 47.8 Å². The molecule has 0 bridgehead atoms. The number of rotatable bonds is 6. The summed E-state index contributed by atoms with van der Waals surface area (Å²) in [6, 6.07) is 10.3. The molecule has 0 amide bonds. The lowest BCUT2D eigenvalue weighted by Gasteiger charge is -2.17. The van der Waals surface area contributed by atoms with Gasteiger partial charge in [0, 0.05) is 37.3 Å². The Morgan fingerprint density at radius 1 is 1.20 bits per heavy atom.